The fraction of sp³-hybridized carbons (Fsp3) is 1.00. The molecule has 1 unspecified atom stereocenters. The quantitative estimate of drug-likeness (QED) is 0.630. The Labute approximate surface area is 91.9 Å². The van der Waals surface area contributed by atoms with Gasteiger partial charge in [0.2, 0.25) is 0 Å². The first-order chi connectivity index (χ1) is 7.18. The van der Waals surface area contributed by atoms with Gasteiger partial charge in [-0.1, -0.05) is 12.8 Å². The van der Waals surface area contributed by atoms with Crippen LogP contribution < -0.4 is 5.48 Å². The molecular formula is C11H23NO3. The van der Waals surface area contributed by atoms with Gasteiger partial charge in [0.15, 0.2) is 0 Å². The van der Waals surface area contributed by atoms with E-state index in [2.05, 4.69) is 5.48 Å². The zero-order valence-electron chi connectivity index (χ0n) is 9.74. The summed E-state index contributed by atoms with van der Waals surface area (Å²) in [6.07, 6.45) is 4.78. The number of ether oxygens (including phenoxy) is 1. The van der Waals surface area contributed by atoms with Crippen LogP contribution in [-0.2, 0) is 9.57 Å². The van der Waals surface area contributed by atoms with E-state index in [0.29, 0.717) is 19.3 Å². The van der Waals surface area contributed by atoms with Gasteiger partial charge >= 0.3 is 0 Å². The molecule has 1 rings (SSSR count). The van der Waals surface area contributed by atoms with Crippen LogP contribution in [0.2, 0.25) is 0 Å². The zero-order chi connectivity index (χ0) is 11.1. The lowest BCUT2D eigenvalue weighted by molar-refractivity contribution is -0.0555. The maximum atomic E-state index is 9.50. The fourth-order valence-electron chi connectivity index (χ4n) is 1.63. The van der Waals surface area contributed by atoms with Crippen molar-refractivity contribution in [1.29, 1.82) is 0 Å². The summed E-state index contributed by atoms with van der Waals surface area (Å²) in [7, 11) is 0. The molecule has 0 radical (unpaired) electrons. The van der Waals surface area contributed by atoms with Crippen LogP contribution in [0.5, 0.6) is 0 Å². The van der Waals surface area contributed by atoms with Gasteiger partial charge in [0.1, 0.15) is 0 Å². The Kier molecular flexibility index (Phi) is 6.17. The zero-order valence-corrected chi connectivity index (χ0v) is 9.74. The molecule has 0 amide bonds. The molecule has 0 aliphatic heterocycles. The highest BCUT2D eigenvalue weighted by Crippen LogP contribution is 2.19. The molecule has 0 aromatic carbocycles. The predicted molar refractivity (Wildman–Crippen MR) is 58.4 cm³/mol. The first-order valence-electron chi connectivity index (χ1n) is 5.86. The highest BCUT2D eigenvalue weighted by Gasteiger charge is 2.16. The second-order valence-corrected chi connectivity index (χ2v) is 4.41. The van der Waals surface area contributed by atoms with E-state index in [0.717, 1.165) is 12.8 Å². The first-order valence-corrected chi connectivity index (χ1v) is 5.86. The molecule has 0 saturated heterocycles. The normalized spacial score (nSPS) is 20.0. The Hall–Kier alpha value is -0.160. The Morgan fingerprint density at radius 1 is 1.33 bits per heavy atom. The highest BCUT2D eigenvalue weighted by atomic mass is 16.7. The highest BCUT2D eigenvalue weighted by molar-refractivity contribution is 4.66. The van der Waals surface area contributed by atoms with Crippen molar-refractivity contribution in [3.05, 3.63) is 0 Å². The molecular weight excluding hydrogens is 194 g/mol. The van der Waals surface area contributed by atoms with Crippen molar-refractivity contribution < 1.29 is 14.7 Å². The van der Waals surface area contributed by atoms with Gasteiger partial charge in [-0.15, -0.1) is 0 Å². The Morgan fingerprint density at radius 3 is 2.60 bits per heavy atom. The SMILES string of the molecule is CC(C)OCC(O)CNOC1CCCC1. The molecule has 0 heterocycles. The number of aliphatic hydroxyl groups is 1. The monoisotopic (exact) mass is 217 g/mol. The van der Waals surface area contributed by atoms with E-state index in [1.807, 2.05) is 13.8 Å². The van der Waals surface area contributed by atoms with E-state index in [1.54, 1.807) is 0 Å². The Bertz CT molecular complexity index is 158. The first kappa shape index (κ1) is 12.9. The number of hydrogen-bond donors (Lipinski definition) is 2. The minimum absolute atomic E-state index is 0.162. The fourth-order valence-corrected chi connectivity index (χ4v) is 1.63. The molecule has 4 heteroatoms. The average Bonchev–Trinajstić information content (AvgIpc) is 2.67. The van der Waals surface area contributed by atoms with Gasteiger partial charge in [-0.25, -0.2) is 0 Å². The van der Waals surface area contributed by atoms with Crippen molar-refractivity contribution in [1.82, 2.24) is 5.48 Å². The van der Waals surface area contributed by atoms with Crippen LogP contribution in [0.4, 0.5) is 0 Å². The minimum Gasteiger partial charge on any atom is -0.389 e. The third kappa shape index (κ3) is 6.10. The van der Waals surface area contributed by atoms with Gasteiger partial charge < -0.3 is 9.84 Å². The Balaban J connectivity index is 1.93. The summed E-state index contributed by atoms with van der Waals surface area (Å²) in [4.78, 5) is 5.41. The van der Waals surface area contributed by atoms with Gasteiger partial charge in [-0.3, -0.25) is 4.84 Å². The molecule has 1 aliphatic rings. The summed E-state index contributed by atoms with van der Waals surface area (Å²) in [5, 5.41) is 9.50. The molecule has 0 aromatic heterocycles. The van der Waals surface area contributed by atoms with E-state index in [4.69, 9.17) is 9.57 Å². The predicted octanol–water partition coefficient (Wildman–Crippen LogP) is 1.24. The van der Waals surface area contributed by atoms with Gasteiger partial charge in [0.05, 0.1) is 24.9 Å². The van der Waals surface area contributed by atoms with E-state index in [9.17, 15) is 5.11 Å². The summed E-state index contributed by atoms with van der Waals surface area (Å²) in [5.74, 6) is 0. The van der Waals surface area contributed by atoms with Crippen LogP contribution in [0.1, 0.15) is 39.5 Å². The van der Waals surface area contributed by atoms with Gasteiger partial charge in [-0.2, -0.15) is 5.48 Å². The third-order valence-corrected chi connectivity index (χ3v) is 2.49. The smallest absolute Gasteiger partial charge is 0.0921 e. The summed E-state index contributed by atoms with van der Waals surface area (Å²) < 4.78 is 5.28. The third-order valence-electron chi connectivity index (χ3n) is 2.49. The van der Waals surface area contributed by atoms with Crippen molar-refractivity contribution in [2.75, 3.05) is 13.2 Å². The van der Waals surface area contributed by atoms with E-state index in [-0.39, 0.29) is 6.10 Å². The van der Waals surface area contributed by atoms with Crippen LogP contribution in [0.25, 0.3) is 0 Å². The maximum Gasteiger partial charge on any atom is 0.0921 e. The number of hydroxylamine groups is 1. The molecule has 1 saturated carbocycles. The molecule has 4 nitrogen and oxygen atoms in total. The molecule has 0 bridgehead atoms. The van der Waals surface area contributed by atoms with Crippen LogP contribution in [-0.4, -0.2) is 36.6 Å². The van der Waals surface area contributed by atoms with Crippen LogP contribution >= 0.6 is 0 Å². The van der Waals surface area contributed by atoms with Crippen LogP contribution in [0.15, 0.2) is 0 Å². The molecule has 0 aromatic rings. The van der Waals surface area contributed by atoms with Gasteiger partial charge in [-0.05, 0) is 26.7 Å². The summed E-state index contributed by atoms with van der Waals surface area (Å²) in [5.41, 5.74) is 2.82. The molecule has 1 fully saturated rings. The van der Waals surface area contributed by atoms with Crippen LogP contribution in [0, 0.1) is 0 Å². The van der Waals surface area contributed by atoms with Crippen molar-refractivity contribution in [2.24, 2.45) is 0 Å². The maximum absolute atomic E-state index is 9.50. The lowest BCUT2D eigenvalue weighted by atomic mass is 10.3. The number of nitrogens with one attached hydrogen (secondary N) is 1. The molecule has 2 N–H and O–H groups in total. The van der Waals surface area contributed by atoms with Crippen molar-refractivity contribution in [3.8, 4) is 0 Å². The van der Waals surface area contributed by atoms with Gasteiger partial charge in [0.25, 0.3) is 0 Å². The molecule has 90 valence electrons. The largest absolute Gasteiger partial charge is 0.389 e. The molecule has 15 heavy (non-hydrogen) atoms. The number of aliphatic hydroxyl groups excluding tert-OH is 1. The summed E-state index contributed by atoms with van der Waals surface area (Å²) in [6.45, 7) is 4.70. The molecule has 1 aliphatic carbocycles. The second kappa shape index (κ2) is 7.17. The van der Waals surface area contributed by atoms with E-state index >= 15 is 0 Å². The second-order valence-electron chi connectivity index (χ2n) is 4.41. The molecule has 1 atom stereocenters. The Morgan fingerprint density at radius 2 is 2.00 bits per heavy atom. The lowest BCUT2D eigenvalue weighted by Crippen LogP contribution is -2.33. The number of hydrogen-bond acceptors (Lipinski definition) is 4. The number of rotatable bonds is 7. The van der Waals surface area contributed by atoms with Crippen molar-refractivity contribution >= 4 is 0 Å². The van der Waals surface area contributed by atoms with Gasteiger partial charge in [0, 0.05) is 6.54 Å². The molecule has 0 spiro atoms. The van der Waals surface area contributed by atoms with Crippen molar-refractivity contribution in [2.45, 2.75) is 57.8 Å². The standard InChI is InChI=1S/C11H23NO3/c1-9(2)14-8-10(13)7-12-15-11-5-3-4-6-11/h9-13H,3-8H2,1-2H3. The van der Waals surface area contributed by atoms with E-state index < -0.39 is 6.10 Å². The average molecular weight is 217 g/mol. The van der Waals surface area contributed by atoms with Crippen LogP contribution in [0.3, 0.4) is 0 Å². The summed E-state index contributed by atoms with van der Waals surface area (Å²) >= 11 is 0. The summed E-state index contributed by atoms with van der Waals surface area (Å²) in [6, 6.07) is 0. The van der Waals surface area contributed by atoms with E-state index in [1.165, 1.54) is 12.8 Å². The topological polar surface area (TPSA) is 50.7 Å². The lowest BCUT2D eigenvalue weighted by Gasteiger charge is -2.16. The minimum atomic E-state index is -0.492. The van der Waals surface area contributed by atoms with Crippen molar-refractivity contribution in [3.63, 3.8) is 0 Å².